The number of nitrogens with zero attached hydrogens (tertiary/aromatic N) is 2. The number of para-hydroxylation sites is 1. The predicted octanol–water partition coefficient (Wildman–Crippen LogP) is 2.81. The molecule has 84 valence electrons. The zero-order chi connectivity index (χ0) is 11.5. The maximum atomic E-state index is 5.92. The first kappa shape index (κ1) is 11.1. The average molecular weight is 258 g/mol. The smallest absolute Gasteiger partial charge is 0.181 e. The van der Waals surface area contributed by atoms with E-state index in [1.54, 1.807) is 18.3 Å². The summed E-state index contributed by atoms with van der Waals surface area (Å²) in [6.07, 6.45) is 1.59. The SMILES string of the molecule is Nc1nn(COc2ccccc2Cl)cc1Cl. The van der Waals surface area contributed by atoms with Gasteiger partial charge in [-0.05, 0) is 12.1 Å². The van der Waals surface area contributed by atoms with Gasteiger partial charge in [0.05, 0.1) is 5.02 Å². The Morgan fingerprint density at radius 3 is 2.62 bits per heavy atom. The van der Waals surface area contributed by atoms with E-state index in [0.29, 0.717) is 15.8 Å². The van der Waals surface area contributed by atoms with Crippen LogP contribution in [0.4, 0.5) is 5.82 Å². The maximum absolute atomic E-state index is 5.92. The lowest BCUT2D eigenvalue weighted by Gasteiger charge is -2.07. The van der Waals surface area contributed by atoms with Gasteiger partial charge in [0.25, 0.3) is 0 Å². The minimum absolute atomic E-state index is 0.209. The molecule has 2 N–H and O–H groups in total. The van der Waals surface area contributed by atoms with Crippen LogP contribution in [0.2, 0.25) is 10.0 Å². The number of hydrogen-bond acceptors (Lipinski definition) is 3. The lowest BCUT2D eigenvalue weighted by molar-refractivity contribution is 0.221. The first-order chi connectivity index (χ1) is 7.66. The number of nitrogen functional groups attached to an aromatic ring is 1. The molecule has 0 aliphatic carbocycles. The quantitative estimate of drug-likeness (QED) is 0.920. The van der Waals surface area contributed by atoms with Crippen LogP contribution in [-0.2, 0) is 6.73 Å². The van der Waals surface area contributed by atoms with Gasteiger partial charge in [-0.1, -0.05) is 35.3 Å². The molecule has 1 aromatic carbocycles. The molecule has 0 saturated carbocycles. The third-order valence-corrected chi connectivity index (χ3v) is 2.54. The molecule has 0 atom stereocenters. The number of anilines is 1. The molecule has 1 heterocycles. The highest BCUT2D eigenvalue weighted by Gasteiger charge is 2.04. The highest BCUT2D eigenvalue weighted by molar-refractivity contribution is 6.32. The minimum atomic E-state index is 0.209. The Morgan fingerprint density at radius 2 is 2.00 bits per heavy atom. The molecule has 0 bridgehead atoms. The molecule has 0 amide bonds. The Kier molecular flexibility index (Phi) is 3.22. The summed E-state index contributed by atoms with van der Waals surface area (Å²) < 4.78 is 6.95. The maximum Gasteiger partial charge on any atom is 0.181 e. The van der Waals surface area contributed by atoms with Crippen molar-refractivity contribution in [3.8, 4) is 5.75 Å². The molecule has 0 fully saturated rings. The molecule has 0 spiro atoms. The van der Waals surface area contributed by atoms with E-state index < -0.39 is 0 Å². The molecular weight excluding hydrogens is 249 g/mol. The molecule has 0 aliphatic heterocycles. The van der Waals surface area contributed by atoms with Crippen LogP contribution >= 0.6 is 23.2 Å². The second-order valence-corrected chi connectivity index (χ2v) is 3.92. The summed E-state index contributed by atoms with van der Waals surface area (Å²) in [5.41, 5.74) is 5.49. The predicted molar refractivity (Wildman–Crippen MR) is 63.7 cm³/mol. The highest BCUT2D eigenvalue weighted by Crippen LogP contribution is 2.23. The van der Waals surface area contributed by atoms with Gasteiger partial charge in [-0.15, -0.1) is 0 Å². The highest BCUT2D eigenvalue weighted by atomic mass is 35.5. The number of halogens is 2. The average Bonchev–Trinajstić information content (AvgIpc) is 2.57. The van der Waals surface area contributed by atoms with Crippen molar-refractivity contribution in [2.45, 2.75) is 6.73 Å². The Balaban J connectivity index is 2.05. The summed E-state index contributed by atoms with van der Waals surface area (Å²) in [5, 5.41) is 4.90. The number of rotatable bonds is 3. The van der Waals surface area contributed by atoms with Crippen molar-refractivity contribution < 1.29 is 4.74 Å². The van der Waals surface area contributed by atoms with E-state index in [4.69, 9.17) is 33.7 Å². The Bertz CT molecular complexity index is 479. The van der Waals surface area contributed by atoms with Gasteiger partial charge >= 0.3 is 0 Å². The summed E-state index contributed by atoms with van der Waals surface area (Å²) in [4.78, 5) is 0. The van der Waals surface area contributed by atoms with Gasteiger partial charge in [-0.3, -0.25) is 0 Å². The van der Waals surface area contributed by atoms with Crippen molar-refractivity contribution in [3.63, 3.8) is 0 Å². The molecule has 0 aliphatic rings. The van der Waals surface area contributed by atoms with E-state index in [9.17, 15) is 0 Å². The van der Waals surface area contributed by atoms with E-state index in [2.05, 4.69) is 5.10 Å². The lowest BCUT2D eigenvalue weighted by Crippen LogP contribution is -2.06. The number of aromatic nitrogens is 2. The zero-order valence-electron chi connectivity index (χ0n) is 8.23. The van der Waals surface area contributed by atoms with Crippen molar-refractivity contribution in [3.05, 3.63) is 40.5 Å². The number of ether oxygens (including phenoxy) is 1. The van der Waals surface area contributed by atoms with Crippen LogP contribution < -0.4 is 10.5 Å². The molecular formula is C10H9Cl2N3O. The van der Waals surface area contributed by atoms with Gasteiger partial charge in [0.2, 0.25) is 0 Å². The standard InChI is InChI=1S/C10H9Cl2N3O/c11-7-3-1-2-4-9(7)16-6-15-5-8(12)10(13)14-15/h1-5H,6H2,(H2,13,14). The Hall–Kier alpha value is -1.39. The largest absolute Gasteiger partial charge is 0.470 e. The summed E-state index contributed by atoms with van der Waals surface area (Å²) in [5.74, 6) is 0.874. The van der Waals surface area contributed by atoms with Crippen LogP contribution in [0, 0.1) is 0 Å². The van der Waals surface area contributed by atoms with Crippen LogP contribution in [0.15, 0.2) is 30.5 Å². The fourth-order valence-electron chi connectivity index (χ4n) is 1.18. The van der Waals surface area contributed by atoms with E-state index in [0.717, 1.165) is 0 Å². The van der Waals surface area contributed by atoms with Crippen molar-refractivity contribution in [2.75, 3.05) is 5.73 Å². The van der Waals surface area contributed by atoms with Gasteiger partial charge in [-0.25, -0.2) is 4.68 Å². The fraction of sp³-hybridized carbons (Fsp3) is 0.100. The van der Waals surface area contributed by atoms with Crippen molar-refractivity contribution >= 4 is 29.0 Å². The van der Waals surface area contributed by atoms with E-state index in [1.807, 2.05) is 12.1 Å². The van der Waals surface area contributed by atoms with Gasteiger partial charge in [-0.2, -0.15) is 5.10 Å². The third-order valence-electron chi connectivity index (χ3n) is 1.93. The zero-order valence-corrected chi connectivity index (χ0v) is 9.74. The molecule has 2 rings (SSSR count). The fourth-order valence-corrected chi connectivity index (χ4v) is 1.52. The van der Waals surface area contributed by atoms with Crippen LogP contribution in [0.5, 0.6) is 5.75 Å². The molecule has 6 heteroatoms. The van der Waals surface area contributed by atoms with E-state index >= 15 is 0 Å². The Morgan fingerprint density at radius 1 is 1.25 bits per heavy atom. The molecule has 2 aromatic rings. The van der Waals surface area contributed by atoms with Crippen molar-refractivity contribution in [2.24, 2.45) is 0 Å². The van der Waals surface area contributed by atoms with Crippen LogP contribution in [0.25, 0.3) is 0 Å². The van der Waals surface area contributed by atoms with E-state index in [1.165, 1.54) is 4.68 Å². The molecule has 0 unspecified atom stereocenters. The van der Waals surface area contributed by atoms with Gasteiger partial charge in [0.1, 0.15) is 10.8 Å². The molecule has 16 heavy (non-hydrogen) atoms. The minimum Gasteiger partial charge on any atom is -0.470 e. The van der Waals surface area contributed by atoms with Crippen LogP contribution in [0.1, 0.15) is 0 Å². The van der Waals surface area contributed by atoms with Crippen LogP contribution in [0.3, 0.4) is 0 Å². The topological polar surface area (TPSA) is 53.1 Å². The summed E-state index contributed by atoms with van der Waals surface area (Å²) in [6.45, 7) is 0.209. The first-order valence-electron chi connectivity index (χ1n) is 4.52. The lowest BCUT2D eigenvalue weighted by atomic mass is 10.3. The monoisotopic (exact) mass is 257 g/mol. The first-order valence-corrected chi connectivity index (χ1v) is 5.28. The number of hydrogen-bond donors (Lipinski definition) is 1. The number of nitrogens with two attached hydrogens (primary N) is 1. The third kappa shape index (κ3) is 2.40. The summed E-state index contributed by atoms with van der Waals surface area (Å²) in [6, 6.07) is 7.20. The summed E-state index contributed by atoms with van der Waals surface area (Å²) in [7, 11) is 0. The molecule has 0 saturated heterocycles. The molecule has 4 nitrogen and oxygen atoms in total. The second-order valence-electron chi connectivity index (χ2n) is 3.11. The van der Waals surface area contributed by atoms with Crippen molar-refractivity contribution in [1.29, 1.82) is 0 Å². The van der Waals surface area contributed by atoms with Crippen molar-refractivity contribution in [1.82, 2.24) is 9.78 Å². The van der Waals surface area contributed by atoms with Gasteiger partial charge in [0, 0.05) is 6.20 Å². The normalized spacial score (nSPS) is 10.4. The summed E-state index contributed by atoms with van der Waals surface area (Å²) >= 11 is 11.7. The molecule has 0 radical (unpaired) electrons. The number of benzene rings is 1. The van der Waals surface area contributed by atoms with Gasteiger partial charge in [0.15, 0.2) is 12.5 Å². The molecule has 1 aromatic heterocycles. The van der Waals surface area contributed by atoms with E-state index in [-0.39, 0.29) is 12.5 Å². The van der Waals surface area contributed by atoms with Crippen LogP contribution in [-0.4, -0.2) is 9.78 Å². The second kappa shape index (κ2) is 4.63. The van der Waals surface area contributed by atoms with Gasteiger partial charge < -0.3 is 10.5 Å². The Labute approximate surface area is 103 Å².